The summed E-state index contributed by atoms with van der Waals surface area (Å²) in [6, 6.07) is 3.49. The summed E-state index contributed by atoms with van der Waals surface area (Å²) in [5.41, 5.74) is -3.20. The first-order chi connectivity index (χ1) is 12.8. The fourth-order valence-electron chi connectivity index (χ4n) is 2.16. The Morgan fingerprint density at radius 3 is 2.18 bits per heavy atom. The van der Waals surface area contributed by atoms with Crippen LogP contribution in [0.3, 0.4) is 0 Å². The minimum absolute atomic E-state index is 0.0528. The van der Waals surface area contributed by atoms with Crippen molar-refractivity contribution in [2.24, 2.45) is 0 Å². The minimum atomic E-state index is -4.96. The number of benzene rings is 2. The molecule has 1 N–H and O–H groups in total. The number of carbonyl (C=O) groups excluding carboxylic acids is 1. The molecule has 0 aliphatic heterocycles. The second-order valence-corrected chi connectivity index (χ2v) is 6.49. The van der Waals surface area contributed by atoms with Gasteiger partial charge in [0, 0.05) is 0 Å². The molecule has 2 aromatic carbocycles. The van der Waals surface area contributed by atoms with Gasteiger partial charge < -0.3 is 14.6 Å². The zero-order chi connectivity index (χ0) is 21.3. The summed E-state index contributed by atoms with van der Waals surface area (Å²) in [5.74, 6) is -3.43. The van der Waals surface area contributed by atoms with E-state index in [0.717, 1.165) is 12.1 Å². The van der Waals surface area contributed by atoms with Crippen LogP contribution in [0.1, 0.15) is 28.4 Å². The number of ether oxygens (including phenoxy) is 2. The SMILES string of the molecule is CCOC(=O)c1cc(I)c(Oc2ccc(O)c(C(F)(F)F)c2)c(C(F)(F)F)c1. The van der Waals surface area contributed by atoms with Crippen LogP contribution in [-0.2, 0) is 17.1 Å². The van der Waals surface area contributed by atoms with Gasteiger partial charge in [0.1, 0.15) is 22.6 Å². The number of rotatable bonds is 4. The highest BCUT2D eigenvalue weighted by Gasteiger charge is 2.38. The highest BCUT2D eigenvalue weighted by Crippen LogP contribution is 2.43. The van der Waals surface area contributed by atoms with E-state index in [1.807, 2.05) is 0 Å². The molecule has 11 heteroatoms. The van der Waals surface area contributed by atoms with Gasteiger partial charge in [-0.1, -0.05) is 0 Å². The van der Waals surface area contributed by atoms with Crippen molar-refractivity contribution in [1.82, 2.24) is 0 Å². The van der Waals surface area contributed by atoms with E-state index in [2.05, 4.69) is 4.74 Å². The van der Waals surface area contributed by atoms with Gasteiger partial charge in [0.05, 0.1) is 15.7 Å². The lowest BCUT2D eigenvalue weighted by Gasteiger charge is -2.18. The number of phenols is 1. The van der Waals surface area contributed by atoms with Gasteiger partial charge >= 0.3 is 18.3 Å². The Bertz CT molecular complexity index is 892. The molecule has 0 aromatic heterocycles. The van der Waals surface area contributed by atoms with Crippen molar-refractivity contribution in [1.29, 1.82) is 0 Å². The molecule has 0 aliphatic carbocycles. The first-order valence-electron chi connectivity index (χ1n) is 7.50. The molecule has 0 bridgehead atoms. The topological polar surface area (TPSA) is 55.8 Å². The van der Waals surface area contributed by atoms with E-state index in [-0.39, 0.29) is 15.7 Å². The molecule has 0 saturated heterocycles. The average Bonchev–Trinajstić information content (AvgIpc) is 2.56. The Balaban J connectivity index is 2.56. The molecule has 152 valence electrons. The summed E-state index contributed by atoms with van der Waals surface area (Å²) in [7, 11) is 0. The fourth-order valence-corrected chi connectivity index (χ4v) is 2.90. The van der Waals surface area contributed by atoms with E-state index in [1.54, 1.807) is 0 Å². The Hall–Kier alpha value is -2.18. The smallest absolute Gasteiger partial charge is 0.420 e. The second kappa shape index (κ2) is 8.05. The molecule has 28 heavy (non-hydrogen) atoms. The number of phenolic OH excluding ortho intramolecular Hbond substituents is 1. The molecule has 4 nitrogen and oxygen atoms in total. The number of alkyl halides is 6. The first kappa shape index (κ1) is 22.1. The largest absolute Gasteiger partial charge is 0.507 e. The third-order valence-corrected chi connectivity index (χ3v) is 4.15. The normalized spacial score (nSPS) is 12.0. The van der Waals surface area contributed by atoms with Gasteiger partial charge in [-0.2, -0.15) is 26.3 Å². The van der Waals surface area contributed by atoms with Crippen LogP contribution in [-0.4, -0.2) is 17.7 Å². The molecule has 0 fully saturated rings. The van der Waals surface area contributed by atoms with Gasteiger partial charge in [0.25, 0.3) is 0 Å². The summed E-state index contributed by atoms with van der Waals surface area (Å²) in [4.78, 5) is 11.8. The van der Waals surface area contributed by atoms with Crippen molar-refractivity contribution >= 4 is 28.6 Å². The lowest BCUT2D eigenvalue weighted by molar-refractivity contribution is -0.140. The monoisotopic (exact) mass is 520 g/mol. The summed E-state index contributed by atoms with van der Waals surface area (Å²) in [6.45, 7) is 1.43. The molecule has 2 rings (SSSR count). The molecule has 0 unspecified atom stereocenters. The van der Waals surface area contributed by atoms with Crippen molar-refractivity contribution in [3.8, 4) is 17.2 Å². The van der Waals surface area contributed by atoms with Gasteiger partial charge in [-0.05, 0) is 59.8 Å². The van der Waals surface area contributed by atoms with Crippen molar-refractivity contribution in [2.75, 3.05) is 6.61 Å². The van der Waals surface area contributed by atoms with Crippen LogP contribution in [0.5, 0.6) is 17.2 Å². The van der Waals surface area contributed by atoms with Crippen LogP contribution < -0.4 is 4.74 Å². The lowest BCUT2D eigenvalue weighted by Crippen LogP contribution is -2.13. The minimum Gasteiger partial charge on any atom is -0.507 e. The Morgan fingerprint density at radius 1 is 1.04 bits per heavy atom. The molecule has 0 amide bonds. The number of aromatic hydroxyl groups is 1. The summed E-state index contributed by atoms with van der Waals surface area (Å²) >= 11 is 1.47. The Morgan fingerprint density at radius 2 is 1.64 bits per heavy atom. The van der Waals surface area contributed by atoms with Crippen LogP contribution in [0.15, 0.2) is 30.3 Å². The average molecular weight is 520 g/mol. The maximum absolute atomic E-state index is 13.4. The van der Waals surface area contributed by atoms with E-state index in [4.69, 9.17) is 4.74 Å². The van der Waals surface area contributed by atoms with E-state index < -0.39 is 46.7 Å². The van der Waals surface area contributed by atoms with Gasteiger partial charge in [-0.3, -0.25) is 0 Å². The number of hydrogen-bond acceptors (Lipinski definition) is 4. The summed E-state index contributed by atoms with van der Waals surface area (Å²) < 4.78 is 88.5. The zero-order valence-electron chi connectivity index (χ0n) is 13.9. The predicted octanol–water partition coefficient (Wildman–Crippen LogP) is 6.00. The first-order valence-corrected chi connectivity index (χ1v) is 8.58. The molecule has 0 saturated carbocycles. The van der Waals surface area contributed by atoms with Crippen molar-refractivity contribution < 1.29 is 45.7 Å². The van der Waals surface area contributed by atoms with E-state index in [9.17, 15) is 36.2 Å². The Labute approximate surface area is 168 Å². The second-order valence-electron chi connectivity index (χ2n) is 5.33. The summed E-state index contributed by atoms with van der Waals surface area (Å²) in [5, 5.41) is 9.31. The zero-order valence-corrected chi connectivity index (χ0v) is 16.1. The summed E-state index contributed by atoms with van der Waals surface area (Å²) in [6.07, 6.45) is -9.89. The number of esters is 1. The lowest BCUT2D eigenvalue weighted by atomic mass is 10.1. The molecule has 0 aliphatic rings. The van der Waals surface area contributed by atoms with Crippen molar-refractivity contribution in [3.63, 3.8) is 0 Å². The number of halogens is 7. The van der Waals surface area contributed by atoms with Gasteiger partial charge in [-0.15, -0.1) is 0 Å². The highest BCUT2D eigenvalue weighted by atomic mass is 127. The third-order valence-electron chi connectivity index (χ3n) is 3.35. The van der Waals surface area contributed by atoms with Gasteiger partial charge in [0.15, 0.2) is 5.75 Å². The van der Waals surface area contributed by atoms with Crippen LogP contribution in [0.2, 0.25) is 0 Å². The number of hydrogen-bond donors (Lipinski definition) is 1. The molecular weight excluding hydrogens is 509 g/mol. The van der Waals surface area contributed by atoms with Crippen LogP contribution >= 0.6 is 22.6 Å². The van der Waals surface area contributed by atoms with Crippen molar-refractivity contribution in [3.05, 3.63) is 50.6 Å². The van der Waals surface area contributed by atoms with E-state index >= 15 is 0 Å². The van der Waals surface area contributed by atoms with Crippen LogP contribution in [0, 0.1) is 3.57 Å². The van der Waals surface area contributed by atoms with Crippen LogP contribution in [0.25, 0.3) is 0 Å². The molecule has 2 aromatic rings. The molecule has 0 heterocycles. The predicted molar refractivity (Wildman–Crippen MR) is 93.3 cm³/mol. The Kier molecular flexibility index (Phi) is 6.36. The van der Waals surface area contributed by atoms with Gasteiger partial charge in [-0.25, -0.2) is 4.79 Å². The van der Waals surface area contributed by atoms with Crippen LogP contribution in [0.4, 0.5) is 26.3 Å². The molecular formula is C17H11F6IO4. The van der Waals surface area contributed by atoms with Gasteiger partial charge in [0.2, 0.25) is 0 Å². The third kappa shape index (κ3) is 5.00. The van der Waals surface area contributed by atoms with E-state index in [1.165, 1.54) is 29.5 Å². The quantitative estimate of drug-likeness (QED) is 0.305. The fraction of sp³-hybridized carbons (Fsp3) is 0.235. The molecule has 0 spiro atoms. The van der Waals surface area contributed by atoms with E-state index in [0.29, 0.717) is 18.2 Å². The number of carbonyl (C=O) groups is 1. The van der Waals surface area contributed by atoms with Crippen molar-refractivity contribution in [2.45, 2.75) is 19.3 Å². The molecule has 0 atom stereocenters. The maximum atomic E-state index is 13.4. The molecule has 0 radical (unpaired) electrons. The highest BCUT2D eigenvalue weighted by molar-refractivity contribution is 14.1. The standard InChI is InChI=1S/C17H11F6IO4/c1-2-27-15(26)8-5-11(17(21,22)23)14(12(24)6-8)28-9-3-4-13(25)10(7-9)16(18,19)20/h3-7,25H,2H2,1H3. The maximum Gasteiger partial charge on any atom is 0.420 e.